The summed E-state index contributed by atoms with van der Waals surface area (Å²) in [6, 6.07) is 5.66. The van der Waals surface area contributed by atoms with Crippen molar-refractivity contribution in [3.8, 4) is 11.6 Å². The fraction of sp³-hybridized carbons (Fsp3) is 0.565. The first-order chi connectivity index (χ1) is 15.2. The minimum absolute atomic E-state index is 0.0875. The van der Waals surface area contributed by atoms with Crippen molar-refractivity contribution in [2.75, 3.05) is 0 Å². The van der Waals surface area contributed by atoms with Gasteiger partial charge < -0.3 is 14.8 Å². The molecule has 1 N–H and O–H groups in total. The van der Waals surface area contributed by atoms with Crippen molar-refractivity contribution in [3.05, 3.63) is 41.6 Å². The number of carbonyl (C=O) groups excluding carboxylic acids is 1. The number of alkyl halides is 3. The molecule has 2 aromatic rings. The molecular weight excluding hydrogens is 423 g/mol. The Morgan fingerprint density at radius 1 is 1.09 bits per heavy atom. The van der Waals surface area contributed by atoms with Gasteiger partial charge in [-0.05, 0) is 73.5 Å². The second-order valence-corrected chi connectivity index (χ2v) is 9.40. The van der Waals surface area contributed by atoms with Crippen molar-refractivity contribution in [2.45, 2.75) is 51.1 Å². The second-order valence-electron chi connectivity index (χ2n) is 9.40. The third kappa shape index (κ3) is 4.29. The topological polar surface area (TPSA) is 65.4 Å². The van der Waals surface area contributed by atoms with Crippen LogP contribution in [-0.4, -0.2) is 28.1 Å². The molecule has 4 aliphatic carbocycles. The molecule has 6 nitrogen and oxygen atoms in total. The van der Waals surface area contributed by atoms with E-state index in [-0.39, 0.29) is 24.3 Å². The number of hydrogen-bond donors (Lipinski definition) is 1. The van der Waals surface area contributed by atoms with Gasteiger partial charge in [0.05, 0.1) is 6.20 Å². The fourth-order valence-corrected chi connectivity index (χ4v) is 6.08. The smallest absolute Gasteiger partial charge is 0.472 e. The number of aromatic nitrogens is 2. The Labute approximate surface area is 184 Å². The molecule has 4 saturated carbocycles. The number of nitrogens with one attached hydrogen (secondary N) is 1. The molecule has 0 aliphatic heterocycles. The highest BCUT2D eigenvalue weighted by Gasteiger charge is 2.48. The van der Waals surface area contributed by atoms with Crippen LogP contribution in [0.5, 0.6) is 11.6 Å². The lowest BCUT2D eigenvalue weighted by molar-refractivity contribution is -0.274. The maximum Gasteiger partial charge on any atom is 0.573 e. The molecule has 4 bridgehead atoms. The summed E-state index contributed by atoms with van der Waals surface area (Å²) in [6.45, 7) is 0.0875. The summed E-state index contributed by atoms with van der Waals surface area (Å²) >= 11 is 0. The highest BCUT2D eigenvalue weighted by molar-refractivity contribution is 5.96. The Morgan fingerprint density at radius 3 is 2.31 bits per heavy atom. The van der Waals surface area contributed by atoms with E-state index in [9.17, 15) is 18.0 Å². The number of benzene rings is 1. The largest absolute Gasteiger partial charge is 0.573 e. The predicted octanol–water partition coefficient (Wildman–Crippen LogP) is 4.45. The third-order valence-electron chi connectivity index (χ3n) is 7.19. The Kier molecular flexibility index (Phi) is 5.29. The van der Waals surface area contributed by atoms with Crippen LogP contribution in [-0.2, 0) is 13.7 Å². The van der Waals surface area contributed by atoms with Gasteiger partial charge in [-0.25, -0.2) is 4.68 Å². The van der Waals surface area contributed by atoms with E-state index in [1.165, 1.54) is 67.2 Å². The van der Waals surface area contributed by atoms with Gasteiger partial charge in [0.1, 0.15) is 17.9 Å². The van der Waals surface area contributed by atoms with E-state index in [1.54, 1.807) is 7.05 Å². The second kappa shape index (κ2) is 8.01. The van der Waals surface area contributed by atoms with Crippen molar-refractivity contribution in [2.24, 2.45) is 30.7 Å². The van der Waals surface area contributed by atoms with E-state index in [0.29, 0.717) is 28.8 Å². The minimum atomic E-state index is -4.73. The maximum atomic E-state index is 13.1. The first-order valence-electron chi connectivity index (χ1n) is 11.1. The molecule has 1 heterocycles. The Hall–Kier alpha value is -2.71. The lowest BCUT2D eigenvalue weighted by Crippen LogP contribution is -2.55. The Bertz CT molecular complexity index is 959. The quantitative estimate of drug-likeness (QED) is 0.708. The molecule has 0 saturated heterocycles. The highest BCUT2D eigenvalue weighted by Crippen LogP contribution is 2.53. The summed E-state index contributed by atoms with van der Waals surface area (Å²) in [7, 11) is 1.69. The van der Waals surface area contributed by atoms with Crippen LogP contribution in [0.2, 0.25) is 0 Å². The molecule has 0 radical (unpaired) electrons. The summed E-state index contributed by atoms with van der Waals surface area (Å²) in [6.07, 6.45) is 2.97. The van der Waals surface area contributed by atoms with Gasteiger partial charge in [0, 0.05) is 13.1 Å². The fourth-order valence-electron chi connectivity index (χ4n) is 6.08. The number of rotatable bonds is 6. The average molecular weight is 449 g/mol. The standard InChI is InChI=1S/C23H26F3N3O3/c1-29-22(31-12-13-2-4-18(5-3-13)32-23(24,25)26)19(11-27-29)21(30)28-20-16-7-14-6-15(9-16)10-17(20)8-14/h2-5,11,14-17,20H,6-10,12H2,1H3,(H,28,30). The summed E-state index contributed by atoms with van der Waals surface area (Å²) in [5, 5.41) is 7.44. The SMILES string of the molecule is Cn1ncc(C(=O)NC2C3CC4CC(C3)CC2C4)c1OCc1ccc(OC(F)(F)F)cc1. The van der Waals surface area contributed by atoms with Gasteiger partial charge in [-0.3, -0.25) is 4.79 Å². The van der Waals surface area contributed by atoms with Crippen LogP contribution < -0.4 is 14.8 Å². The number of aryl methyl sites for hydroxylation is 1. The van der Waals surface area contributed by atoms with Crippen LogP contribution in [0.4, 0.5) is 13.2 Å². The van der Waals surface area contributed by atoms with E-state index < -0.39 is 6.36 Å². The zero-order valence-electron chi connectivity index (χ0n) is 17.8. The first kappa shape index (κ1) is 21.2. The van der Waals surface area contributed by atoms with E-state index >= 15 is 0 Å². The van der Waals surface area contributed by atoms with Gasteiger partial charge in [0.2, 0.25) is 5.88 Å². The summed E-state index contributed by atoms with van der Waals surface area (Å²) < 4.78 is 48.1. The summed E-state index contributed by atoms with van der Waals surface area (Å²) in [5.41, 5.74) is 1.02. The molecule has 0 spiro atoms. The molecular formula is C23H26F3N3O3. The normalized spacial score (nSPS) is 28.6. The van der Waals surface area contributed by atoms with Crippen LogP contribution in [0, 0.1) is 23.7 Å². The van der Waals surface area contributed by atoms with E-state index in [0.717, 1.165) is 11.8 Å². The molecule has 172 valence electrons. The summed E-state index contributed by atoms with van der Waals surface area (Å²) in [4.78, 5) is 13.1. The van der Waals surface area contributed by atoms with Crippen LogP contribution in [0.15, 0.2) is 30.5 Å². The molecule has 32 heavy (non-hydrogen) atoms. The molecule has 4 aliphatic rings. The van der Waals surface area contributed by atoms with E-state index in [4.69, 9.17) is 4.74 Å². The van der Waals surface area contributed by atoms with Crippen molar-refractivity contribution < 1.29 is 27.4 Å². The van der Waals surface area contributed by atoms with Crippen LogP contribution in [0.25, 0.3) is 0 Å². The molecule has 4 fully saturated rings. The zero-order valence-corrected chi connectivity index (χ0v) is 17.8. The highest BCUT2D eigenvalue weighted by atomic mass is 19.4. The predicted molar refractivity (Wildman–Crippen MR) is 109 cm³/mol. The number of nitrogens with zero attached hydrogens (tertiary/aromatic N) is 2. The number of ether oxygens (including phenoxy) is 2. The van der Waals surface area contributed by atoms with Gasteiger partial charge in [0.25, 0.3) is 5.91 Å². The van der Waals surface area contributed by atoms with Crippen LogP contribution >= 0.6 is 0 Å². The van der Waals surface area contributed by atoms with Gasteiger partial charge in [-0.15, -0.1) is 13.2 Å². The lowest BCUT2D eigenvalue weighted by Gasteiger charge is -2.54. The lowest BCUT2D eigenvalue weighted by atomic mass is 9.54. The van der Waals surface area contributed by atoms with E-state index in [1.807, 2.05) is 0 Å². The Morgan fingerprint density at radius 2 is 1.72 bits per heavy atom. The Balaban J connectivity index is 1.23. The van der Waals surface area contributed by atoms with Crippen LogP contribution in [0.3, 0.4) is 0 Å². The van der Waals surface area contributed by atoms with Gasteiger partial charge in [-0.2, -0.15) is 5.10 Å². The van der Waals surface area contributed by atoms with Crippen molar-refractivity contribution in [1.82, 2.24) is 15.1 Å². The zero-order chi connectivity index (χ0) is 22.5. The average Bonchev–Trinajstić information content (AvgIpc) is 3.09. The number of halogens is 3. The molecule has 0 atom stereocenters. The molecule has 1 aromatic heterocycles. The monoisotopic (exact) mass is 449 g/mol. The van der Waals surface area contributed by atoms with Crippen molar-refractivity contribution in [3.63, 3.8) is 0 Å². The van der Waals surface area contributed by atoms with Gasteiger partial charge in [-0.1, -0.05) is 12.1 Å². The number of amides is 1. The van der Waals surface area contributed by atoms with E-state index in [2.05, 4.69) is 15.2 Å². The summed E-state index contributed by atoms with van der Waals surface area (Å²) in [5.74, 6) is 2.65. The van der Waals surface area contributed by atoms with Crippen LogP contribution in [0.1, 0.15) is 48.0 Å². The van der Waals surface area contributed by atoms with Gasteiger partial charge >= 0.3 is 6.36 Å². The molecule has 1 aromatic carbocycles. The van der Waals surface area contributed by atoms with Crippen molar-refractivity contribution >= 4 is 5.91 Å². The maximum absolute atomic E-state index is 13.1. The molecule has 1 amide bonds. The number of carbonyl (C=O) groups is 1. The third-order valence-corrected chi connectivity index (χ3v) is 7.19. The minimum Gasteiger partial charge on any atom is -0.472 e. The molecule has 0 unspecified atom stereocenters. The van der Waals surface area contributed by atoms with Gasteiger partial charge in [0.15, 0.2) is 0 Å². The van der Waals surface area contributed by atoms with Crippen molar-refractivity contribution in [1.29, 1.82) is 0 Å². The molecule has 9 heteroatoms. The number of hydrogen-bond acceptors (Lipinski definition) is 4. The first-order valence-corrected chi connectivity index (χ1v) is 11.1. The molecule has 6 rings (SSSR count).